The molecule has 0 aromatic heterocycles. The van der Waals surface area contributed by atoms with Crippen molar-refractivity contribution in [3.63, 3.8) is 0 Å². The summed E-state index contributed by atoms with van der Waals surface area (Å²) in [5.41, 5.74) is 0. The second kappa shape index (κ2) is 8.55. The Kier molecular flexibility index (Phi) is 7.75. The van der Waals surface area contributed by atoms with Crippen molar-refractivity contribution < 1.29 is 24.6 Å². The zero-order valence-corrected chi connectivity index (χ0v) is 9.94. The van der Waals surface area contributed by atoms with Gasteiger partial charge in [0.2, 0.25) is 5.91 Å². The number of amides is 1. The Bertz CT molecular complexity index is 277. The first-order chi connectivity index (χ1) is 7.91. The standard InChI is InChI=1S/C11H19NO5/c1-8(7-11(16)17)12-9(13)5-3-2-4-6-10(14)15/h8H,2-7H2,1H3,(H,12,13)(H,14,15)(H,16,17). The van der Waals surface area contributed by atoms with Crippen molar-refractivity contribution in [1.82, 2.24) is 5.32 Å². The number of carboxylic acids is 2. The molecule has 0 spiro atoms. The van der Waals surface area contributed by atoms with E-state index in [0.717, 1.165) is 0 Å². The molecule has 98 valence electrons. The van der Waals surface area contributed by atoms with E-state index in [1.165, 1.54) is 0 Å². The molecule has 6 heteroatoms. The van der Waals surface area contributed by atoms with E-state index in [1.54, 1.807) is 6.92 Å². The van der Waals surface area contributed by atoms with Crippen molar-refractivity contribution in [3.8, 4) is 0 Å². The molecule has 0 aromatic carbocycles. The van der Waals surface area contributed by atoms with Crippen LogP contribution >= 0.6 is 0 Å². The second-order valence-electron chi connectivity index (χ2n) is 4.02. The van der Waals surface area contributed by atoms with Crippen molar-refractivity contribution in [1.29, 1.82) is 0 Å². The first kappa shape index (κ1) is 15.4. The molecule has 0 radical (unpaired) electrons. The molecule has 0 aliphatic heterocycles. The zero-order chi connectivity index (χ0) is 13.3. The smallest absolute Gasteiger partial charge is 0.305 e. The van der Waals surface area contributed by atoms with Crippen LogP contribution in [0.2, 0.25) is 0 Å². The number of unbranched alkanes of at least 4 members (excludes halogenated alkanes) is 2. The fraction of sp³-hybridized carbons (Fsp3) is 0.727. The van der Waals surface area contributed by atoms with E-state index < -0.39 is 11.9 Å². The van der Waals surface area contributed by atoms with Gasteiger partial charge in [-0.05, 0) is 19.8 Å². The van der Waals surface area contributed by atoms with Crippen molar-refractivity contribution in [2.45, 2.75) is 51.5 Å². The normalized spacial score (nSPS) is 11.8. The van der Waals surface area contributed by atoms with Crippen LogP contribution in [0.5, 0.6) is 0 Å². The van der Waals surface area contributed by atoms with E-state index in [1.807, 2.05) is 0 Å². The lowest BCUT2D eigenvalue weighted by molar-refractivity contribution is -0.138. The molecule has 1 unspecified atom stereocenters. The molecule has 0 aromatic rings. The quantitative estimate of drug-likeness (QED) is 0.526. The number of carbonyl (C=O) groups excluding carboxylic acids is 1. The average Bonchev–Trinajstić information content (AvgIpc) is 2.14. The summed E-state index contributed by atoms with van der Waals surface area (Å²) in [5, 5.41) is 19.5. The summed E-state index contributed by atoms with van der Waals surface area (Å²) >= 11 is 0. The molecular weight excluding hydrogens is 226 g/mol. The molecule has 0 saturated carbocycles. The highest BCUT2D eigenvalue weighted by atomic mass is 16.4. The van der Waals surface area contributed by atoms with Crippen molar-refractivity contribution >= 4 is 17.8 Å². The fourth-order valence-electron chi connectivity index (χ4n) is 1.40. The van der Waals surface area contributed by atoms with Gasteiger partial charge in [0, 0.05) is 18.9 Å². The highest BCUT2D eigenvalue weighted by Crippen LogP contribution is 2.03. The van der Waals surface area contributed by atoms with Gasteiger partial charge in [-0.2, -0.15) is 0 Å². The van der Waals surface area contributed by atoms with Crippen LogP contribution in [0.15, 0.2) is 0 Å². The number of carboxylic acid groups (broad SMARTS) is 2. The molecule has 0 fully saturated rings. The fourth-order valence-corrected chi connectivity index (χ4v) is 1.40. The van der Waals surface area contributed by atoms with Gasteiger partial charge in [0.15, 0.2) is 0 Å². The van der Waals surface area contributed by atoms with E-state index in [9.17, 15) is 14.4 Å². The van der Waals surface area contributed by atoms with Crippen LogP contribution in [0, 0.1) is 0 Å². The van der Waals surface area contributed by atoms with Gasteiger partial charge in [-0.15, -0.1) is 0 Å². The molecule has 0 aliphatic rings. The minimum Gasteiger partial charge on any atom is -0.481 e. The summed E-state index contributed by atoms with van der Waals surface area (Å²) in [5.74, 6) is -1.96. The Morgan fingerprint density at radius 3 is 2.12 bits per heavy atom. The van der Waals surface area contributed by atoms with Crippen LogP contribution in [0.25, 0.3) is 0 Å². The molecule has 0 heterocycles. The molecule has 0 saturated heterocycles. The summed E-state index contributed by atoms with van der Waals surface area (Å²) in [6.45, 7) is 1.64. The van der Waals surface area contributed by atoms with Gasteiger partial charge in [-0.1, -0.05) is 6.42 Å². The minimum atomic E-state index is -0.945. The largest absolute Gasteiger partial charge is 0.481 e. The van der Waals surface area contributed by atoms with Crippen LogP contribution in [0.1, 0.15) is 45.4 Å². The van der Waals surface area contributed by atoms with E-state index in [2.05, 4.69) is 5.32 Å². The molecule has 17 heavy (non-hydrogen) atoms. The lowest BCUT2D eigenvalue weighted by Gasteiger charge is -2.11. The van der Waals surface area contributed by atoms with E-state index in [-0.39, 0.29) is 24.8 Å². The lowest BCUT2D eigenvalue weighted by atomic mass is 10.1. The van der Waals surface area contributed by atoms with Crippen molar-refractivity contribution in [2.24, 2.45) is 0 Å². The van der Waals surface area contributed by atoms with E-state index >= 15 is 0 Å². The average molecular weight is 245 g/mol. The summed E-state index contributed by atoms with van der Waals surface area (Å²) in [4.78, 5) is 31.9. The zero-order valence-electron chi connectivity index (χ0n) is 9.94. The van der Waals surface area contributed by atoms with Gasteiger partial charge in [-0.25, -0.2) is 0 Å². The Morgan fingerprint density at radius 1 is 1.00 bits per heavy atom. The van der Waals surface area contributed by atoms with Crippen LogP contribution < -0.4 is 5.32 Å². The van der Waals surface area contributed by atoms with Gasteiger partial charge in [0.05, 0.1) is 6.42 Å². The van der Waals surface area contributed by atoms with Gasteiger partial charge < -0.3 is 15.5 Å². The van der Waals surface area contributed by atoms with E-state index in [0.29, 0.717) is 25.7 Å². The SMILES string of the molecule is CC(CC(=O)O)NC(=O)CCCCCC(=O)O. The summed E-state index contributed by atoms with van der Waals surface area (Å²) in [7, 11) is 0. The minimum absolute atomic E-state index is 0.0925. The van der Waals surface area contributed by atoms with Gasteiger partial charge in [0.25, 0.3) is 0 Å². The number of hydrogen-bond donors (Lipinski definition) is 3. The van der Waals surface area contributed by atoms with E-state index in [4.69, 9.17) is 10.2 Å². The third-order valence-corrected chi connectivity index (χ3v) is 2.18. The number of hydrogen-bond acceptors (Lipinski definition) is 3. The second-order valence-corrected chi connectivity index (χ2v) is 4.02. The molecule has 6 nitrogen and oxygen atoms in total. The lowest BCUT2D eigenvalue weighted by Crippen LogP contribution is -2.33. The third kappa shape index (κ3) is 10.7. The third-order valence-electron chi connectivity index (χ3n) is 2.18. The molecule has 1 amide bonds. The molecule has 0 aliphatic carbocycles. The predicted molar refractivity (Wildman–Crippen MR) is 60.6 cm³/mol. The maximum atomic E-state index is 11.3. The van der Waals surface area contributed by atoms with Crippen LogP contribution in [0.3, 0.4) is 0 Å². The molecule has 1 atom stereocenters. The summed E-state index contributed by atoms with van der Waals surface area (Å²) in [6.07, 6.45) is 2.21. The van der Waals surface area contributed by atoms with Gasteiger partial charge in [0.1, 0.15) is 0 Å². The molecule has 0 rings (SSSR count). The summed E-state index contributed by atoms with van der Waals surface area (Å²) in [6, 6.07) is -0.376. The monoisotopic (exact) mass is 245 g/mol. The predicted octanol–water partition coefficient (Wildman–Crippen LogP) is 1.00. The van der Waals surface area contributed by atoms with Crippen LogP contribution in [0.4, 0.5) is 0 Å². The highest BCUT2D eigenvalue weighted by molar-refractivity contribution is 5.77. The number of aliphatic carboxylic acids is 2. The Labute approximate surface area is 100 Å². The van der Waals surface area contributed by atoms with Crippen LogP contribution in [-0.2, 0) is 14.4 Å². The van der Waals surface area contributed by atoms with Crippen molar-refractivity contribution in [2.75, 3.05) is 0 Å². The molecule has 0 bridgehead atoms. The highest BCUT2D eigenvalue weighted by Gasteiger charge is 2.10. The van der Waals surface area contributed by atoms with Gasteiger partial charge >= 0.3 is 11.9 Å². The summed E-state index contributed by atoms with van der Waals surface area (Å²) < 4.78 is 0. The van der Waals surface area contributed by atoms with Gasteiger partial charge in [-0.3, -0.25) is 14.4 Å². The molecule has 3 N–H and O–H groups in total. The first-order valence-corrected chi connectivity index (χ1v) is 5.64. The number of rotatable bonds is 9. The number of nitrogens with one attached hydrogen (secondary N) is 1. The Hall–Kier alpha value is -1.59. The Morgan fingerprint density at radius 2 is 1.59 bits per heavy atom. The topological polar surface area (TPSA) is 104 Å². The van der Waals surface area contributed by atoms with Crippen molar-refractivity contribution in [3.05, 3.63) is 0 Å². The Balaban J connectivity index is 3.52. The maximum absolute atomic E-state index is 11.3. The first-order valence-electron chi connectivity index (χ1n) is 5.64. The molecular formula is C11H19NO5. The number of carbonyl (C=O) groups is 3. The van der Waals surface area contributed by atoms with Crippen LogP contribution in [-0.4, -0.2) is 34.1 Å². The maximum Gasteiger partial charge on any atom is 0.305 e.